The molecule has 47 heavy (non-hydrogen) atoms. The molecule has 0 aliphatic carbocycles. The number of sulfonamides is 1. The van der Waals surface area contributed by atoms with Crippen molar-refractivity contribution in [1.82, 2.24) is 14.9 Å². The fraction of sp³-hybridized carbons (Fsp3) is 0.222. The van der Waals surface area contributed by atoms with Gasteiger partial charge >= 0.3 is 0 Å². The van der Waals surface area contributed by atoms with Crippen LogP contribution in [0.2, 0.25) is 0 Å². The molecule has 2 aliphatic heterocycles. The molecule has 1 atom stereocenters. The highest BCUT2D eigenvalue weighted by Gasteiger charge is 2.60. The topological polar surface area (TPSA) is 120 Å². The SMILES string of the molecule is CCOc1ccccc1C1(N2CCN(c3ccncc3)CC2)C(=O)N(S(=O)(=O)c2cc(C)cc3cccnc23)c2ccc(C#N)cc21. The number of anilines is 2. The minimum atomic E-state index is -4.51. The molecule has 1 fully saturated rings. The van der Waals surface area contributed by atoms with Gasteiger partial charge in [-0.1, -0.05) is 24.3 Å². The van der Waals surface area contributed by atoms with Crippen molar-refractivity contribution in [1.29, 1.82) is 5.26 Å². The molecule has 3 aromatic carbocycles. The van der Waals surface area contributed by atoms with Gasteiger partial charge in [-0.3, -0.25) is 19.7 Å². The van der Waals surface area contributed by atoms with Gasteiger partial charge in [-0.2, -0.15) is 5.26 Å². The average Bonchev–Trinajstić information content (AvgIpc) is 3.37. The zero-order chi connectivity index (χ0) is 32.8. The minimum Gasteiger partial charge on any atom is -0.493 e. The Kier molecular flexibility index (Phi) is 7.62. The molecule has 1 amide bonds. The van der Waals surface area contributed by atoms with Crippen molar-refractivity contribution in [3.63, 3.8) is 0 Å². The molecule has 2 aliphatic rings. The fourth-order valence-corrected chi connectivity index (χ4v) is 8.63. The van der Waals surface area contributed by atoms with Crippen LogP contribution in [0.15, 0.2) is 102 Å². The molecule has 236 valence electrons. The smallest absolute Gasteiger partial charge is 0.273 e. The van der Waals surface area contributed by atoms with Crippen molar-refractivity contribution in [2.75, 3.05) is 42.0 Å². The number of nitriles is 1. The molecular formula is C36H32N6O4S. The summed E-state index contributed by atoms with van der Waals surface area (Å²) < 4.78 is 36.9. The molecule has 7 rings (SSSR count). The van der Waals surface area contributed by atoms with Crippen LogP contribution in [-0.4, -0.2) is 62.0 Å². The van der Waals surface area contributed by atoms with E-state index in [1.165, 1.54) is 0 Å². The first-order valence-electron chi connectivity index (χ1n) is 15.4. The monoisotopic (exact) mass is 644 g/mol. The third-order valence-electron chi connectivity index (χ3n) is 8.92. The Morgan fingerprint density at radius 3 is 2.43 bits per heavy atom. The zero-order valence-electron chi connectivity index (χ0n) is 26.0. The Morgan fingerprint density at radius 2 is 1.68 bits per heavy atom. The summed E-state index contributed by atoms with van der Waals surface area (Å²) in [5.74, 6) is -0.187. The van der Waals surface area contributed by atoms with E-state index in [0.717, 1.165) is 15.6 Å². The number of para-hydroxylation sites is 1. The van der Waals surface area contributed by atoms with E-state index >= 15 is 4.79 Å². The predicted molar refractivity (Wildman–Crippen MR) is 179 cm³/mol. The van der Waals surface area contributed by atoms with Gasteiger partial charge in [0.05, 0.1) is 29.4 Å². The summed E-state index contributed by atoms with van der Waals surface area (Å²) in [6.45, 7) is 6.01. The van der Waals surface area contributed by atoms with Gasteiger partial charge in [0, 0.05) is 67.0 Å². The van der Waals surface area contributed by atoms with E-state index < -0.39 is 21.5 Å². The van der Waals surface area contributed by atoms with Gasteiger partial charge in [-0.15, -0.1) is 0 Å². The number of aryl methyl sites for hydroxylation is 1. The quantitative estimate of drug-likeness (QED) is 0.241. The molecule has 1 unspecified atom stereocenters. The number of piperazine rings is 1. The average molecular weight is 645 g/mol. The lowest BCUT2D eigenvalue weighted by Crippen LogP contribution is -2.60. The zero-order valence-corrected chi connectivity index (χ0v) is 26.8. The number of ether oxygens (including phenoxy) is 1. The molecular weight excluding hydrogens is 613 g/mol. The summed E-state index contributed by atoms with van der Waals surface area (Å²) in [5, 5.41) is 10.7. The van der Waals surface area contributed by atoms with Gasteiger partial charge < -0.3 is 9.64 Å². The maximum absolute atomic E-state index is 15.5. The Morgan fingerprint density at radius 1 is 0.915 bits per heavy atom. The van der Waals surface area contributed by atoms with Gasteiger partial charge in [0.25, 0.3) is 15.9 Å². The molecule has 2 aromatic heterocycles. The first kappa shape index (κ1) is 30.3. The summed E-state index contributed by atoms with van der Waals surface area (Å²) in [5.41, 5.74) is 1.84. The number of carbonyl (C=O) groups excluding carboxylic acids is 1. The number of hydrogen-bond acceptors (Lipinski definition) is 9. The van der Waals surface area contributed by atoms with E-state index in [-0.39, 0.29) is 16.1 Å². The van der Waals surface area contributed by atoms with Gasteiger partial charge in [-0.05, 0) is 74.0 Å². The van der Waals surface area contributed by atoms with Gasteiger partial charge in [0.1, 0.15) is 10.6 Å². The lowest BCUT2D eigenvalue weighted by Gasteiger charge is -2.46. The van der Waals surface area contributed by atoms with E-state index in [1.807, 2.05) is 55.1 Å². The van der Waals surface area contributed by atoms with E-state index in [4.69, 9.17) is 4.74 Å². The van der Waals surface area contributed by atoms with Crippen molar-refractivity contribution in [2.24, 2.45) is 0 Å². The second-order valence-corrected chi connectivity index (χ2v) is 13.3. The number of nitrogens with zero attached hydrogens (tertiary/aromatic N) is 6. The molecule has 4 heterocycles. The van der Waals surface area contributed by atoms with E-state index in [2.05, 4.69) is 20.9 Å². The van der Waals surface area contributed by atoms with Crippen LogP contribution in [0, 0.1) is 18.3 Å². The number of hydrogen-bond donors (Lipinski definition) is 0. The Balaban J connectivity index is 1.47. The van der Waals surface area contributed by atoms with E-state index in [0.29, 0.717) is 60.6 Å². The lowest BCUT2D eigenvalue weighted by atomic mass is 9.80. The number of rotatable bonds is 7. The number of pyridine rings is 2. The number of carbonyl (C=O) groups is 1. The standard InChI is InChI=1S/C36H32N6O4S/c1-3-46-32-9-5-4-8-29(32)36(41-19-17-40(18-20-41)28-12-15-38-16-13-28)30-23-26(24-37)10-11-31(30)42(35(36)43)47(44,45)33-22-25(2)21-27-7-6-14-39-34(27)33/h4-16,21-23H,3,17-20H2,1-2H3. The van der Waals surface area contributed by atoms with Crippen LogP contribution in [0.5, 0.6) is 5.75 Å². The maximum atomic E-state index is 15.5. The molecule has 0 N–H and O–H groups in total. The van der Waals surface area contributed by atoms with Crippen molar-refractivity contribution < 1.29 is 17.9 Å². The Labute approximate surface area is 273 Å². The second kappa shape index (κ2) is 11.8. The van der Waals surface area contributed by atoms with Gasteiger partial charge in [-0.25, -0.2) is 12.7 Å². The van der Waals surface area contributed by atoms with Crippen LogP contribution < -0.4 is 13.9 Å². The highest BCUT2D eigenvalue weighted by atomic mass is 32.2. The Bertz CT molecular complexity index is 2160. The first-order chi connectivity index (χ1) is 22.8. The number of amides is 1. The summed E-state index contributed by atoms with van der Waals surface area (Å²) in [6.07, 6.45) is 5.03. The van der Waals surface area contributed by atoms with Crippen LogP contribution in [0.3, 0.4) is 0 Å². The largest absolute Gasteiger partial charge is 0.493 e. The minimum absolute atomic E-state index is 0.0619. The summed E-state index contributed by atoms with van der Waals surface area (Å²) >= 11 is 0. The van der Waals surface area contributed by atoms with Crippen molar-refractivity contribution in [3.8, 4) is 11.8 Å². The van der Waals surface area contributed by atoms with Crippen LogP contribution in [0.1, 0.15) is 29.2 Å². The highest BCUT2D eigenvalue weighted by molar-refractivity contribution is 7.93. The Hall–Kier alpha value is -5.31. The predicted octanol–water partition coefficient (Wildman–Crippen LogP) is 5.01. The van der Waals surface area contributed by atoms with E-state index in [1.54, 1.807) is 61.1 Å². The fourth-order valence-electron chi connectivity index (χ4n) is 6.92. The van der Waals surface area contributed by atoms with Crippen LogP contribution in [0.25, 0.3) is 10.9 Å². The molecule has 0 radical (unpaired) electrons. The maximum Gasteiger partial charge on any atom is 0.273 e. The van der Waals surface area contributed by atoms with Crippen molar-refractivity contribution in [3.05, 3.63) is 120 Å². The van der Waals surface area contributed by atoms with Crippen LogP contribution >= 0.6 is 0 Å². The third kappa shape index (κ3) is 4.80. The molecule has 0 spiro atoms. The molecule has 11 heteroatoms. The molecule has 1 saturated heterocycles. The molecule has 10 nitrogen and oxygen atoms in total. The first-order valence-corrected chi connectivity index (χ1v) is 16.9. The normalized spacial score (nSPS) is 18.3. The summed E-state index contributed by atoms with van der Waals surface area (Å²) in [7, 11) is -4.51. The number of aromatic nitrogens is 2. The molecule has 5 aromatic rings. The number of benzene rings is 3. The van der Waals surface area contributed by atoms with Crippen molar-refractivity contribution in [2.45, 2.75) is 24.3 Å². The molecule has 0 saturated carbocycles. The lowest BCUT2D eigenvalue weighted by molar-refractivity contribution is -0.127. The van der Waals surface area contributed by atoms with Gasteiger partial charge in [0.2, 0.25) is 0 Å². The van der Waals surface area contributed by atoms with Crippen molar-refractivity contribution >= 4 is 38.2 Å². The number of fused-ring (bicyclic) bond motifs is 2. The molecule has 0 bridgehead atoms. The summed E-state index contributed by atoms with van der Waals surface area (Å²) in [6, 6.07) is 25.1. The van der Waals surface area contributed by atoms with Gasteiger partial charge in [0.15, 0.2) is 5.54 Å². The third-order valence-corrected chi connectivity index (χ3v) is 10.6. The summed E-state index contributed by atoms with van der Waals surface area (Å²) in [4.78, 5) is 28.2. The highest BCUT2D eigenvalue weighted by Crippen LogP contribution is 2.53. The second-order valence-electron chi connectivity index (χ2n) is 11.6. The van der Waals surface area contributed by atoms with E-state index in [9.17, 15) is 13.7 Å². The van der Waals surface area contributed by atoms with Crippen LogP contribution in [0.4, 0.5) is 11.4 Å². The van der Waals surface area contributed by atoms with Crippen LogP contribution in [-0.2, 0) is 20.4 Å².